The molecule has 3 amide bonds. The molecule has 0 saturated heterocycles. The van der Waals surface area contributed by atoms with Gasteiger partial charge in [-0.1, -0.05) is 6.07 Å². The van der Waals surface area contributed by atoms with Crippen molar-refractivity contribution in [2.75, 3.05) is 5.32 Å². The monoisotopic (exact) mass is 258 g/mol. The molecule has 6 heteroatoms. The number of hydrogen-bond donors (Lipinski definition) is 2. The summed E-state index contributed by atoms with van der Waals surface area (Å²) >= 11 is 5.46. The minimum Gasteiger partial charge on any atom is -0.305 e. The normalized spacial score (nSPS) is 11.8. The van der Waals surface area contributed by atoms with E-state index in [4.69, 9.17) is 11.6 Å². The van der Waals surface area contributed by atoms with Gasteiger partial charge in [0.2, 0.25) is 5.91 Å². The van der Waals surface area contributed by atoms with Gasteiger partial charge in [0.1, 0.15) is 11.2 Å². The Hall–Kier alpha value is -1.62. The van der Waals surface area contributed by atoms with Gasteiger partial charge in [0.25, 0.3) is 0 Å². The molecule has 17 heavy (non-hydrogen) atoms. The average molecular weight is 259 g/mol. The lowest BCUT2D eigenvalue weighted by atomic mass is 10.2. The van der Waals surface area contributed by atoms with Crippen molar-refractivity contribution in [1.29, 1.82) is 0 Å². The van der Waals surface area contributed by atoms with Crippen LogP contribution in [0.5, 0.6) is 0 Å². The molecular weight excluding hydrogens is 247 g/mol. The van der Waals surface area contributed by atoms with Gasteiger partial charge in [-0.2, -0.15) is 0 Å². The Kier molecular flexibility index (Phi) is 4.45. The zero-order valence-electron chi connectivity index (χ0n) is 9.38. The van der Waals surface area contributed by atoms with Crippen molar-refractivity contribution in [1.82, 2.24) is 5.32 Å². The molecule has 0 spiro atoms. The Morgan fingerprint density at radius 2 is 2.06 bits per heavy atom. The zero-order valence-corrected chi connectivity index (χ0v) is 10.1. The number of hydrogen-bond acceptors (Lipinski definition) is 2. The van der Waals surface area contributed by atoms with E-state index in [2.05, 4.69) is 5.32 Å². The Morgan fingerprint density at radius 3 is 2.59 bits per heavy atom. The minimum absolute atomic E-state index is 0.00289. The highest BCUT2D eigenvalue weighted by atomic mass is 35.5. The van der Waals surface area contributed by atoms with Crippen LogP contribution in [0.2, 0.25) is 0 Å². The third-order valence-corrected chi connectivity index (χ3v) is 2.17. The summed E-state index contributed by atoms with van der Waals surface area (Å²) in [7, 11) is 0. The first-order chi connectivity index (χ1) is 7.90. The molecule has 1 aromatic rings. The van der Waals surface area contributed by atoms with Crippen molar-refractivity contribution in [2.45, 2.75) is 19.2 Å². The molecule has 4 nitrogen and oxygen atoms in total. The fourth-order valence-electron chi connectivity index (χ4n) is 1.09. The summed E-state index contributed by atoms with van der Waals surface area (Å²) in [4.78, 5) is 22.4. The lowest BCUT2D eigenvalue weighted by molar-refractivity contribution is -0.119. The summed E-state index contributed by atoms with van der Waals surface area (Å²) in [6, 6.07) is 3.52. The standard InChI is InChI=1S/C11H12ClFN2O2/c1-6-3-4-9(8(13)5-6)14-11(17)15-10(16)7(2)12/h3-5,7H,1-2H3,(H2,14,15,16,17). The molecule has 0 aliphatic rings. The van der Waals surface area contributed by atoms with Crippen molar-refractivity contribution in [2.24, 2.45) is 0 Å². The van der Waals surface area contributed by atoms with Crippen LogP contribution in [0.3, 0.4) is 0 Å². The molecule has 0 aliphatic heterocycles. The first-order valence-corrected chi connectivity index (χ1v) is 5.36. The number of benzene rings is 1. The van der Waals surface area contributed by atoms with Crippen molar-refractivity contribution < 1.29 is 14.0 Å². The summed E-state index contributed by atoms with van der Waals surface area (Å²) in [5.41, 5.74) is 0.738. The Bertz CT molecular complexity index is 449. The molecule has 1 rings (SSSR count). The molecule has 0 saturated carbocycles. The van der Waals surface area contributed by atoms with Gasteiger partial charge >= 0.3 is 6.03 Å². The second-order valence-corrected chi connectivity index (χ2v) is 4.20. The SMILES string of the molecule is Cc1ccc(NC(=O)NC(=O)C(C)Cl)c(F)c1. The molecule has 0 aliphatic carbocycles. The number of anilines is 1. The lowest BCUT2D eigenvalue weighted by Crippen LogP contribution is -2.38. The zero-order chi connectivity index (χ0) is 13.0. The van der Waals surface area contributed by atoms with E-state index in [-0.39, 0.29) is 5.69 Å². The number of imide groups is 1. The van der Waals surface area contributed by atoms with Gasteiger partial charge in [-0.15, -0.1) is 11.6 Å². The number of nitrogens with one attached hydrogen (secondary N) is 2. The lowest BCUT2D eigenvalue weighted by Gasteiger charge is -2.08. The van der Waals surface area contributed by atoms with E-state index in [1.807, 2.05) is 5.32 Å². The Labute approximate surface area is 103 Å². The van der Waals surface area contributed by atoms with Crippen LogP contribution in [-0.4, -0.2) is 17.3 Å². The van der Waals surface area contributed by atoms with E-state index in [1.54, 1.807) is 13.0 Å². The van der Waals surface area contributed by atoms with Gasteiger partial charge in [-0.05, 0) is 31.5 Å². The number of rotatable bonds is 2. The number of amides is 3. The van der Waals surface area contributed by atoms with Crippen LogP contribution in [0.1, 0.15) is 12.5 Å². The van der Waals surface area contributed by atoms with E-state index in [0.29, 0.717) is 0 Å². The maximum Gasteiger partial charge on any atom is 0.326 e. The molecule has 92 valence electrons. The molecule has 1 unspecified atom stereocenters. The molecular formula is C11H12ClFN2O2. The molecule has 0 heterocycles. The van der Waals surface area contributed by atoms with Crippen molar-refractivity contribution in [3.8, 4) is 0 Å². The van der Waals surface area contributed by atoms with Crippen molar-refractivity contribution in [3.63, 3.8) is 0 Å². The van der Waals surface area contributed by atoms with Gasteiger partial charge in [0, 0.05) is 0 Å². The van der Waals surface area contributed by atoms with Crippen molar-refractivity contribution >= 4 is 29.2 Å². The van der Waals surface area contributed by atoms with Gasteiger partial charge in [0.15, 0.2) is 0 Å². The van der Waals surface area contributed by atoms with Crippen LogP contribution in [0.4, 0.5) is 14.9 Å². The summed E-state index contributed by atoms with van der Waals surface area (Å²) in [5, 5.41) is 3.37. The second kappa shape index (κ2) is 5.63. The average Bonchev–Trinajstić information content (AvgIpc) is 2.22. The van der Waals surface area contributed by atoms with E-state index in [1.165, 1.54) is 19.1 Å². The van der Waals surface area contributed by atoms with Crippen LogP contribution in [0.25, 0.3) is 0 Å². The number of aryl methyl sites for hydroxylation is 1. The summed E-state index contributed by atoms with van der Waals surface area (Å²) in [5.74, 6) is -1.21. The summed E-state index contributed by atoms with van der Waals surface area (Å²) < 4.78 is 13.4. The van der Waals surface area contributed by atoms with Gasteiger partial charge in [-0.3, -0.25) is 10.1 Å². The first kappa shape index (κ1) is 13.4. The van der Waals surface area contributed by atoms with Gasteiger partial charge < -0.3 is 5.32 Å². The van der Waals surface area contributed by atoms with Gasteiger partial charge in [-0.25, -0.2) is 9.18 Å². The van der Waals surface area contributed by atoms with Crippen LogP contribution >= 0.6 is 11.6 Å². The van der Waals surface area contributed by atoms with E-state index in [9.17, 15) is 14.0 Å². The second-order valence-electron chi connectivity index (χ2n) is 3.54. The Morgan fingerprint density at radius 1 is 1.41 bits per heavy atom. The number of urea groups is 1. The van der Waals surface area contributed by atoms with Crippen LogP contribution in [0, 0.1) is 12.7 Å². The maximum absolute atomic E-state index is 13.4. The molecule has 1 atom stereocenters. The van der Waals surface area contributed by atoms with Gasteiger partial charge in [0.05, 0.1) is 5.69 Å². The maximum atomic E-state index is 13.4. The largest absolute Gasteiger partial charge is 0.326 e. The van der Waals surface area contributed by atoms with Crippen LogP contribution < -0.4 is 10.6 Å². The van der Waals surface area contributed by atoms with E-state index < -0.39 is 23.1 Å². The predicted molar refractivity (Wildman–Crippen MR) is 63.6 cm³/mol. The topological polar surface area (TPSA) is 58.2 Å². The summed E-state index contributed by atoms with van der Waals surface area (Å²) in [6.45, 7) is 3.16. The number of carbonyl (C=O) groups is 2. The highest BCUT2D eigenvalue weighted by Gasteiger charge is 2.14. The molecule has 0 aromatic heterocycles. The highest BCUT2D eigenvalue weighted by molar-refractivity contribution is 6.31. The van der Waals surface area contributed by atoms with Crippen LogP contribution in [0.15, 0.2) is 18.2 Å². The Balaban J connectivity index is 2.65. The summed E-state index contributed by atoms with van der Waals surface area (Å²) in [6.07, 6.45) is 0. The van der Waals surface area contributed by atoms with E-state index >= 15 is 0 Å². The quantitative estimate of drug-likeness (QED) is 0.801. The number of halogens is 2. The van der Waals surface area contributed by atoms with E-state index in [0.717, 1.165) is 5.56 Å². The minimum atomic E-state index is -0.830. The molecule has 0 fully saturated rings. The van der Waals surface area contributed by atoms with Crippen LogP contribution in [-0.2, 0) is 4.79 Å². The number of alkyl halides is 1. The molecule has 2 N–H and O–H groups in total. The molecule has 0 radical (unpaired) electrons. The predicted octanol–water partition coefficient (Wildman–Crippen LogP) is 2.41. The highest BCUT2D eigenvalue weighted by Crippen LogP contribution is 2.14. The molecule has 1 aromatic carbocycles. The fraction of sp³-hybridized carbons (Fsp3) is 0.273. The smallest absolute Gasteiger partial charge is 0.305 e. The van der Waals surface area contributed by atoms with Crippen molar-refractivity contribution in [3.05, 3.63) is 29.6 Å². The fourth-order valence-corrected chi connectivity index (χ4v) is 1.14. The third kappa shape index (κ3) is 4.03. The third-order valence-electron chi connectivity index (χ3n) is 1.97. The molecule has 0 bridgehead atoms. The first-order valence-electron chi connectivity index (χ1n) is 4.92. The number of carbonyl (C=O) groups excluding carboxylic acids is 2.